The van der Waals surface area contributed by atoms with Crippen LogP contribution in [0, 0.1) is 6.92 Å². The molecule has 1 N–H and O–H groups in total. The number of nitrogens with one attached hydrogen (secondary N) is 1. The minimum atomic E-state index is 0.542. The van der Waals surface area contributed by atoms with Crippen molar-refractivity contribution in [2.24, 2.45) is 0 Å². The number of halogens is 1. The molecule has 1 saturated heterocycles. The maximum absolute atomic E-state index is 6.40. The van der Waals surface area contributed by atoms with Crippen LogP contribution in [0.1, 0.15) is 25.3 Å². The molecule has 0 amide bonds. The van der Waals surface area contributed by atoms with E-state index in [1.165, 1.54) is 18.5 Å². The van der Waals surface area contributed by atoms with E-state index in [0.29, 0.717) is 12.1 Å². The number of benzene rings is 1. The van der Waals surface area contributed by atoms with Gasteiger partial charge in [0, 0.05) is 18.6 Å². The molecule has 0 radical (unpaired) electrons. The van der Waals surface area contributed by atoms with E-state index in [0.717, 1.165) is 17.1 Å². The Morgan fingerprint density at radius 3 is 2.82 bits per heavy atom. The molecule has 2 nitrogen and oxygen atoms in total. The molecule has 0 bridgehead atoms. The largest absolute Gasteiger partial charge is 0.367 e. The molecule has 1 heterocycles. The van der Waals surface area contributed by atoms with E-state index in [9.17, 15) is 0 Å². The molecule has 0 spiro atoms. The summed E-state index contributed by atoms with van der Waals surface area (Å²) in [5, 5.41) is 4.28. The van der Waals surface area contributed by atoms with Gasteiger partial charge in [0.2, 0.25) is 0 Å². The van der Waals surface area contributed by atoms with E-state index >= 15 is 0 Å². The van der Waals surface area contributed by atoms with Crippen LogP contribution in [-0.4, -0.2) is 25.7 Å². The summed E-state index contributed by atoms with van der Waals surface area (Å²) >= 11 is 6.40. The molecular weight excluding hydrogens is 232 g/mol. The highest BCUT2D eigenvalue weighted by Gasteiger charge is 2.25. The third kappa shape index (κ3) is 2.58. The first-order chi connectivity index (χ1) is 8.13. The fraction of sp³-hybridized carbons (Fsp3) is 0.571. The molecule has 1 aliphatic heterocycles. The van der Waals surface area contributed by atoms with Crippen molar-refractivity contribution < 1.29 is 0 Å². The van der Waals surface area contributed by atoms with Gasteiger partial charge in [0.25, 0.3) is 0 Å². The lowest BCUT2D eigenvalue weighted by atomic mass is 9.97. The SMILES string of the molecule is CNC1CCN(c2cccc(C)c2Cl)C(C)C1. The zero-order valence-corrected chi connectivity index (χ0v) is 11.6. The molecule has 3 heteroatoms. The van der Waals surface area contributed by atoms with Crippen molar-refractivity contribution in [2.45, 2.75) is 38.8 Å². The highest BCUT2D eigenvalue weighted by Crippen LogP contribution is 2.33. The van der Waals surface area contributed by atoms with Gasteiger partial charge in [0.15, 0.2) is 0 Å². The molecule has 0 aromatic heterocycles. The minimum Gasteiger partial charge on any atom is -0.367 e. The first-order valence-corrected chi connectivity index (χ1v) is 6.70. The number of nitrogens with zero attached hydrogens (tertiary/aromatic N) is 1. The van der Waals surface area contributed by atoms with Gasteiger partial charge in [-0.3, -0.25) is 0 Å². The van der Waals surface area contributed by atoms with Crippen molar-refractivity contribution in [1.29, 1.82) is 0 Å². The van der Waals surface area contributed by atoms with Gasteiger partial charge < -0.3 is 10.2 Å². The Morgan fingerprint density at radius 2 is 2.18 bits per heavy atom. The molecule has 17 heavy (non-hydrogen) atoms. The van der Waals surface area contributed by atoms with Gasteiger partial charge >= 0.3 is 0 Å². The standard InChI is InChI=1S/C14H21ClN2/c1-10-5-4-6-13(14(10)15)17-8-7-12(16-3)9-11(17)2/h4-6,11-12,16H,7-9H2,1-3H3. The van der Waals surface area contributed by atoms with E-state index in [1.807, 2.05) is 7.05 Å². The molecule has 2 rings (SSSR count). The van der Waals surface area contributed by atoms with E-state index in [-0.39, 0.29) is 0 Å². The van der Waals surface area contributed by atoms with Crippen molar-refractivity contribution in [3.63, 3.8) is 0 Å². The van der Waals surface area contributed by atoms with Gasteiger partial charge in [-0.05, 0) is 45.4 Å². The number of rotatable bonds is 2. The zero-order valence-electron chi connectivity index (χ0n) is 10.8. The van der Waals surface area contributed by atoms with E-state index in [4.69, 9.17) is 11.6 Å². The van der Waals surface area contributed by atoms with E-state index < -0.39 is 0 Å². The van der Waals surface area contributed by atoms with Gasteiger partial charge in [0.05, 0.1) is 10.7 Å². The van der Waals surface area contributed by atoms with Crippen molar-refractivity contribution in [1.82, 2.24) is 5.32 Å². The van der Waals surface area contributed by atoms with Gasteiger partial charge in [-0.15, -0.1) is 0 Å². The summed E-state index contributed by atoms with van der Waals surface area (Å²) in [5.74, 6) is 0. The topological polar surface area (TPSA) is 15.3 Å². The molecule has 1 fully saturated rings. The quantitative estimate of drug-likeness (QED) is 0.870. The molecular formula is C14H21ClN2. The van der Waals surface area contributed by atoms with E-state index in [1.54, 1.807) is 0 Å². The lowest BCUT2D eigenvalue weighted by Crippen LogP contribution is -2.46. The Morgan fingerprint density at radius 1 is 1.41 bits per heavy atom. The van der Waals surface area contributed by atoms with Crippen LogP contribution in [0.2, 0.25) is 5.02 Å². The number of hydrogen-bond acceptors (Lipinski definition) is 2. The van der Waals surface area contributed by atoms with Crippen LogP contribution in [0.3, 0.4) is 0 Å². The first kappa shape index (κ1) is 12.7. The van der Waals surface area contributed by atoms with Gasteiger partial charge in [-0.1, -0.05) is 23.7 Å². The highest BCUT2D eigenvalue weighted by molar-refractivity contribution is 6.34. The molecule has 2 atom stereocenters. The summed E-state index contributed by atoms with van der Waals surface area (Å²) in [7, 11) is 2.05. The first-order valence-electron chi connectivity index (χ1n) is 6.32. The predicted octanol–water partition coefficient (Wildman–Crippen LogP) is 3.23. The van der Waals surface area contributed by atoms with E-state index in [2.05, 4.69) is 42.3 Å². The van der Waals surface area contributed by atoms with Crippen LogP contribution in [0.5, 0.6) is 0 Å². The van der Waals surface area contributed by atoms with Crippen molar-refractivity contribution in [3.05, 3.63) is 28.8 Å². The second-order valence-corrected chi connectivity index (χ2v) is 5.34. The Balaban J connectivity index is 2.20. The second kappa shape index (κ2) is 5.28. The predicted molar refractivity (Wildman–Crippen MR) is 75.1 cm³/mol. The summed E-state index contributed by atoms with van der Waals surface area (Å²) in [6.07, 6.45) is 2.37. The smallest absolute Gasteiger partial charge is 0.0668 e. The summed E-state index contributed by atoms with van der Waals surface area (Å²) in [6, 6.07) is 7.47. The molecule has 1 aromatic rings. The number of piperidine rings is 1. The Hall–Kier alpha value is -0.730. The average Bonchev–Trinajstić information content (AvgIpc) is 2.33. The zero-order chi connectivity index (χ0) is 12.4. The van der Waals surface area contributed by atoms with Crippen molar-refractivity contribution in [2.75, 3.05) is 18.5 Å². The lowest BCUT2D eigenvalue weighted by molar-refractivity contribution is 0.387. The number of hydrogen-bond donors (Lipinski definition) is 1. The van der Waals surface area contributed by atoms with Crippen LogP contribution in [-0.2, 0) is 0 Å². The normalized spacial score (nSPS) is 25.1. The van der Waals surface area contributed by atoms with Crippen LogP contribution in [0.15, 0.2) is 18.2 Å². The highest BCUT2D eigenvalue weighted by atomic mass is 35.5. The minimum absolute atomic E-state index is 0.542. The molecule has 1 aromatic carbocycles. The van der Waals surface area contributed by atoms with Crippen molar-refractivity contribution >= 4 is 17.3 Å². The molecule has 2 unspecified atom stereocenters. The van der Waals surface area contributed by atoms with Gasteiger partial charge in [0.1, 0.15) is 0 Å². The van der Waals surface area contributed by atoms with Gasteiger partial charge in [-0.2, -0.15) is 0 Å². The third-order valence-electron chi connectivity index (χ3n) is 3.77. The van der Waals surface area contributed by atoms with Crippen LogP contribution < -0.4 is 10.2 Å². The summed E-state index contributed by atoms with van der Waals surface area (Å²) < 4.78 is 0. The Labute approximate surface area is 109 Å². The summed E-state index contributed by atoms with van der Waals surface area (Å²) in [6.45, 7) is 5.43. The molecule has 94 valence electrons. The summed E-state index contributed by atoms with van der Waals surface area (Å²) in [5.41, 5.74) is 2.35. The van der Waals surface area contributed by atoms with Crippen LogP contribution in [0.4, 0.5) is 5.69 Å². The fourth-order valence-corrected chi connectivity index (χ4v) is 2.88. The molecule has 0 saturated carbocycles. The van der Waals surface area contributed by atoms with Crippen LogP contribution in [0.25, 0.3) is 0 Å². The number of anilines is 1. The Kier molecular flexibility index (Phi) is 3.95. The third-order valence-corrected chi connectivity index (χ3v) is 4.26. The molecule has 0 aliphatic carbocycles. The maximum Gasteiger partial charge on any atom is 0.0668 e. The van der Waals surface area contributed by atoms with Gasteiger partial charge in [-0.25, -0.2) is 0 Å². The van der Waals surface area contributed by atoms with Crippen molar-refractivity contribution in [3.8, 4) is 0 Å². The average molecular weight is 253 g/mol. The van der Waals surface area contributed by atoms with Crippen LogP contribution >= 0.6 is 11.6 Å². The monoisotopic (exact) mass is 252 g/mol. The molecule has 1 aliphatic rings. The summed E-state index contributed by atoms with van der Waals surface area (Å²) in [4.78, 5) is 2.43. The lowest BCUT2D eigenvalue weighted by Gasteiger charge is -2.39. The number of aryl methyl sites for hydroxylation is 1. The second-order valence-electron chi connectivity index (χ2n) is 4.96. The fourth-order valence-electron chi connectivity index (χ4n) is 2.65. The maximum atomic E-state index is 6.40. The Bertz CT molecular complexity index is 392.